The van der Waals surface area contributed by atoms with E-state index in [1.807, 2.05) is 0 Å². The van der Waals surface area contributed by atoms with E-state index in [1.165, 1.54) is 18.2 Å². The van der Waals surface area contributed by atoms with Gasteiger partial charge in [-0.2, -0.15) is 0 Å². The Kier molecular flexibility index (Phi) is 4.25. The largest absolute Gasteiger partial charge is 0.382 e. The summed E-state index contributed by atoms with van der Waals surface area (Å²) < 4.78 is 45.7. The molecule has 0 radical (unpaired) electrons. The van der Waals surface area contributed by atoms with Gasteiger partial charge in [-0.05, 0) is 38.0 Å². The van der Waals surface area contributed by atoms with Crippen LogP contribution < -0.4 is 10.0 Å². The van der Waals surface area contributed by atoms with Crippen molar-refractivity contribution in [2.45, 2.75) is 43.5 Å². The highest BCUT2D eigenvalue weighted by Gasteiger charge is 2.22. The summed E-state index contributed by atoms with van der Waals surface area (Å²) in [7, 11) is -4.05. The van der Waals surface area contributed by atoms with E-state index in [9.17, 15) is 12.8 Å². The van der Waals surface area contributed by atoms with Crippen molar-refractivity contribution in [3.63, 3.8) is 0 Å². The smallest absolute Gasteiger partial charge is 0.266 e. The molecule has 124 valence electrons. The highest BCUT2D eigenvalue weighted by molar-refractivity contribution is 7.92. The second-order valence-corrected chi connectivity index (χ2v) is 7.35. The molecule has 1 aliphatic carbocycles. The molecule has 1 heterocycles. The van der Waals surface area contributed by atoms with E-state index in [4.69, 9.17) is 4.52 Å². The maximum atomic E-state index is 14.2. The number of hydrogen-bond donors (Lipinski definition) is 2. The van der Waals surface area contributed by atoms with Crippen molar-refractivity contribution in [1.82, 2.24) is 5.16 Å². The lowest BCUT2D eigenvalue weighted by atomic mass is 10.2. The molecule has 0 amide bonds. The first kappa shape index (κ1) is 15.8. The number of aromatic nitrogens is 1. The predicted molar refractivity (Wildman–Crippen MR) is 84.3 cm³/mol. The monoisotopic (exact) mass is 339 g/mol. The third-order valence-corrected chi connectivity index (χ3v) is 5.20. The third kappa shape index (κ3) is 3.64. The summed E-state index contributed by atoms with van der Waals surface area (Å²) in [5.74, 6) is -0.324. The third-order valence-electron chi connectivity index (χ3n) is 3.81. The minimum atomic E-state index is -4.05. The molecule has 3 rings (SSSR count). The van der Waals surface area contributed by atoms with Crippen LogP contribution in [0, 0.1) is 12.7 Å². The summed E-state index contributed by atoms with van der Waals surface area (Å²) in [6, 6.07) is 5.78. The number of hydrogen-bond acceptors (Lipinski definition) is 5. The van der Waals surface area contributed by atoms with E-state index in [2.05, 4.69) is 15.2 Å². The molecule has 8 heteroatoms. The van der Waals surface area contributed by atoms with Gasteiger partial charge >= 0.3 is 0 Å². The average molecular weight is 339 g/mol. The molecule has 0 aliphatic heterocycles. The predicted octanol–water partition coefficient (Wildman–Crippen LogP) is 3.28. The van der Waals surface area contributed by atoms with Crippen LogP contribution in [0.1, 0.15) is 31.4 Å². The average Bonchev–Trinajstić information content (AvgIpc) is 3.10. The van der Waals surface area contributed by atoms with Crippen LogP contribution in [0.5, 0.6) is 0 Å². The minimum Gasteiger partial charge on any atom is -0.382 e. The first-order valence-corrected chi connectivity index (χ1v) is 8.94. The molecule has 0 atom stereocenters. The fraction of sp³-hybridized carbons (Fsp3) is 0.400. The van der Waals surface area contributed by atoms with E-state index in [0.717, 1.165) is 25.7 Å². The van der Waals surface area contributed by atoms with Crippen LogP contribution in [-0.4, -0.2) is 19.6 Å². The standard InChI is InChI=1S/C15H18FN3O3S/c1-10-8-15(18-22-10)19-23(20,21)14-7-6-12(9-13(14)16)17-11-4-2-3-5-11/h6-9,11,17H,2-5H2,1H3,(H,18,19). The molecular formula is C15H18FN3O3S. The quantitative estimate of drug-likeness (QED) is 0.873. The van der Waals surface area contributed by atoms with Crippen LogP contribution >= 0.6 is 0 Å². The fourth-order valence-electron chi connectivity index (χ4n) is 2.72. The van der Waals surface area contributed by atoms with Gasteiger partial charge in [0.1, 0.15) is 16.5 Å². The molecule has 1 aromatic carbocycles. The lowest BCUT2D eigenvalue weighted by molar-refractivity contribution is 0.400. The normalized spacial score (nSPS) is 15.7. The van der Waals surface area contributed by atoms with E-state index >= 15 is 0 Å². The van der Waals surface area contributed by atoms with Crippen molar-refractivity contribution in [1.29, 1.82) is 0 Å². The highest BCUT2D eigenvalue weighted by Crippen LogP contribution is 2.25. The Hall–Kier alpha value is -2.09. The summed E-state index contributed by atoms with van der Waals surface area (Å²) in [5.41, 5.74) is 0.589. The Morgan fingerprint density at radius 2 is 2.00 bits per heavy atom. The van der Waals surface area contributed by atoms with Crippen LogP contribution in [0.25, 0.3) is 0 Å². The molecule has 2 N–H and O–H groups in total. The Balaban J connectivity index is 1.78. The number of nitrogens with one attached hydrogen (secondary N) is 2. The van der Waals surface area contributed by atoms with Crippen LogP contribution in [0.15, 0.2) is 33.7 Å². The Morgan fingerprint density at radius 3 is 2.61 bits per heavy atom. The van der Waals surface area contributed by atoms with Crippen LogP contribution in [-0.2, 0) is 10.0 Å². The zero-order valence-corrected chi connectivity index (χ0v) is 13.5. The Bertz CT molecular complexity index is 798. The highest BCUT2D eigenvalue weighted by atomic mass is 32.2. The van der Waals surface area contributed by atoms with Crippen LogP contribution in [0.2, 0.25) is 0 Å². The van der Waals surface area contributed by atoms with Crippen molar-refractivity contribution in [3.05, 3.63) is 35.8 Å². The van der Waals surface area contributed by atoms with E-state index in [1.54, 1.807) is 13.0 Å². The fourth-order valence-corrected chi connectivity index (χ4v) is 3.77. The van der Waals surface area contributed by atoms with Crippen molar-refractivity contribution >= 4 is 21.5 Å². The molecule has 2 aromatic rings. The number of rotatable bonds is 5. The maximum absolute atomic E-state index is 14.2. The van der Waals surface area contributed by atoms with Gasteiger partial charge in [-0.15, -0.1) is 0 Å². The second-order valence-electron chi connectivity index (χ2n) is 5.70. The molecule has 0 spiro atoms. The van der Waals surface area contributed by atoms with Crippen LogP contribution in [0.3, 0.4) is 0 Å². The van der Waals surface area contributed by atoms with Gasteiger partial charge in [0.25, 0.3) is 10.0 Å². The van der Waals surface area contributed by atoms with Gasteiger partial charge in [-0.1, -0.05) is 18.0 Å². The second kappa shape index (κ2) is 6.19. The van der Waals surface area contributed by atoms with Gasteiger partial charge in [0.05, 0.1) is 0 Å². The van der Waals surface area contributed by atoms with E-state index in [0.29, 0.717) is 17.5 Å². The summed E-state index contributed by atoms with van der Waals surface area (Å²) >= 11 is 0. The zero-order valence-electron chi connectivity index (χ0n) is 12.7. The summed E-state index contributed by atoms with van der Waals surface area (Å²) in [6.07, 6.45) is 4.42. The van der Waals surface area contributed by atoms with Gasteiger partial charge in [0, 0.05) is 17.8 Å². The summed E-state index contributed by atoms with van der Waals surface area (Å²) in [6.45, 7) is 1.63. The lowest BCUT2D eigenvalue weighted by Gasteiger charge is -2.14. The summed E-state index contributed by atoms with van der Waals surface area (Å²) in [4.78, 5) is -0.421. The molecule has 0 saturated heterocycles. The maximum Gasteiger partial charge on any atom is 0.266 e. The van der Waals surface area contributed by atoms with Crippen molar-refractivity contribution in [3.8, 4) is 0 Å². The zero-order chi connectivity index (χ0) is 16.4. The first-order valence-electron chi connectivity index (χ1n) is 7.46. The summed E-state index contributed by atoms with van der Waals surface area (Å²) in [5, 5.41) is 6.77. The lowest BCUT2D eigenvalue weighted by Crippen LogP contribution is -2.17. The van der Waals surface area contributed by atoms with Crippen molar-refractivity contribution in [2.24, 2.45) is 0 Å². The Labute approximate surface area is 134 Å². The van der Waals surface area contributed by atoms with Crippen molar-refractivity contribution < 1.29 is 17.3 Å². The molecule has 1 aromatic heterocycles. The number of benzene rings is 1. The van der Waals surface area contributed by atoms with Gasteiger partial charge in [0.15, 0.2) is 5.82 Å². The van der Waals surface area contributed by atoms with E-state index in [-0.39, 0.29) is 5.82 Å². The topological polar surface area (TPSA) is 84.2 Å². The Morgan fingerprint density at radius 1 is 1.26 bits per heavy atom. The molecule has 1 saturated carbocycles. The molecule has 1 fully saturated rings. The van der Waals surface area contributed by atoms with Gasteiger partial charge in [-0.25, -0.2) is 12.8 Å². The molecule has 0 bridgehead atoms. The molecule has 23 heavy (non-hydrogen) atoms. The molecular weight excluding hydrogens is 321 g/mol. The number of anilines is 2. The number of aryl methyl sites for hydroxylation is 1. The number of halogens is 1. The minimum absolute atomic E-state index is 0.0232. The SMILES string of the molecule is Cc1cc(NS(=O)(=O)c2ccc(NC3CCCC3)cc2F)no1. The van der Waals surface area contributed by atoms with Gasteiger partial charge in [0.2, 0.25) is 0 Å². The van der Waals surface area contributed by atoms with Gasteiger partial charge in [-0.3, -0.25) is 4.72 Å². The van der Waals surface area contributed by atoms with Gasteiger partial charge < -0.3 is 9.84 Å². The van der Waals surface area contributed by atoms with E-state index < -0.39 is 20.7 Å². The number of sulfonamides is 1. The molecule has 6 nitrogen and oxygen atoms in total. The first-order chi connectivity index (χ1) is 10.9. The van der Waals surface area contributed by atoms with Crippen molar-refractivity contribution in [2.75, 3.05) is 10.0 Å². The molecule has 1 aliphatic rings. The number of nitrogens with zero attached hydrogens (tertiary/aromatic N) is 1. The molecule has 0 unspecified atom stereocenters. The van der Waals surface area contributed by atoms with Crippen LogP contribution in [0.4, 0.5) is 15.9 Å².